The number of carbonyl (C=O) groups excluding carboxylic acids is 1. The standard InChI is InChI=1S/C18H22N4O2/c1-12-16(13(2)20-18(19-12)22-10-4-5-11-22)21-17(23)14-6-8-15(24-3)9-7-14/h6-9H,4-5,10-11H2,1-3H3,(H,21,23). The molecule has 0 atom stereocenters. The van der Waals surface area contributed by atoms with E-state index in [-0.39, 0.29) is 5.91 Å². The second-order valence-electron chi connectivity index (χ2n) is 5.95. The van der Waals surface area contributed by atoms with Gasteiger partial charge < -0.3 is 15.0 Å². The van der Waals surface area contributed by atoms with Gasteiger partial charge in [-0.25, -0.2) is 9.97 Å². The normalized spacial score (nSPS) is 13.9. The monoisotopic (exact) mass is 326 g/mol. The smallest absolute Gasteiger partial charge is 0.255 e. The molecule has 1 saturated heterocycles. The average molecular weight is 326 g/mol. The van der Waals surface area contributed by atoms with Gasteiger partial charge in [0.2, 0.25) is 5.95 Å². The molecular weight excluding hydrogens is 304 g/mol. The molecule has 1 N–H and O–H groups in total. The van der Waals surface area contributed by atoms with E-state index in [1.54, 1.807) is 31.4 Å². The Labute approximate surface area is 141 Å². The lowest BCUT2D eigenvalue weighted by molar-refractivity contribution is 0.102. The number of aryl methyl sites for hydroxylation is 2. The maximum absolute atomic E-state index is 12.4. The fourth-order valence-corrected chi connectivity index (χ4v) is 2.87. The number of nitrogens with zero attached hydrogens (tertiary/aromatic N) is 3. The van der Waals surface area contributed by atoms with Gasteiger partial charge >= 0.3 is 0 Å². The van der Waals surface area contributed by atoms with Crippen LogP contribution in [0.25, 0.3) is 0 Å². The van der Waals surface area contributed by atoms with Crippen LogP contribution in [0.2, 0.25) is 0 Å². The number of carbonyl (C=O) groups is 1. The minimum Gasteiger partial charge on any atom is -0.497 e. The predicted octanol–water partition coefficient (Wildman–Crippen LogP) is 2.95. The first kappa shape index (κ1) is 16.2. The first-order valence-corrected chi connectivity index (χ1v) is 8.14. The van der Waals surface area contributed by atoms with E-state index in [4.69, 9.17) is 4.74 Å². The van der Waals surface area contributed by atoms with Gasteiger partial charge in [0, 0.05) is 18.7 Å². The van der Waals surface area contributed by atoms with Crippen LogP contribution in [-0.2, 0) is 0 Å². The number of anilines is 2. The molecule has 2 aromatic rings. The molecule has 6 nitrogen and oxygen atoms in total. The van der Waals surface area contributed by atoms with Gasteiger partial charge in [-0.05, 0) is 51.0 Å². The molecule has 126 valence electrons. The number of ether oxygens (including phenoxy) is 1. The molecule has 1 aromatic carbocycles. The highest BCUT2D eigenvalue weighted by atomic mass is 16.5. The zero-order valence-electron chi connectivity index (χ0n) is 14.3. The highest BCUT2D eigenvalue weighted by molar-refractivity contribution is 6.04. The van der Waals surface area contributed by atoms with Gasteiger partial charge in [-0.1, -0.05) is 0 Å². The molecule has 24 heavy (non-hydrogen) atoms. The van der Waals surface area contributed by atoms with E-state index in [1.807, 2.05) is 13.8 Å². The van der Waals surface area contributed by atoms with E-state index in [0.29, 0.717) is 11.3 Å². The molecular formula is C18H22N4O2. The minimum atomic E-state index is -0.179. The Morgan fingerprint density at radius 2 is 1.67 bits per heavy atom. The molecule has 1 aliphatic heterocycles. The molecule has 0 bridgehead atoms. The molecule has 1 amide bonds. The van der Waals surface area contributed by atoms with E-state index in [9.17, 15) is 4.79 Å². The van der Waals surface area contributed by atoms with E-state index in [2.05, 4.69) is 20.2 Å². The lowest BCUT2D eigenvalue weighted by atomic mass is 10.2. The van der Waals surface area contributed by atoms with E-state index in [1.165, 1.54) is 12.8 Å². The van der Waals surface area contributed by atoms with Crippen LogP contribution in [0.3, 0.4) is 0 Å². The highest BCUT2D eigenvalue weighted by Gasteiger charge is 2.18. The molecule has 0 aliphatic carbocycles. The van der Waals surface area contributed by atoms with Crippen molar-refractivity contribution < 1.29 is 9.53 Å². The fraction of sp³-hybridized carbons (Fsp3) is 0.389. The quantitative estimate of drug-likeness (QED) is 0.935. The van der Waals surface area contributed by atoms with Gasteiger partial charge in [0.05, 0.1) is 24.2 Å². The lowest BCUT2D eigenvalue weighted by Gasteiger charge is -2.18. The van der Waals surface area contributed by atoms with Crippen LogP contribution in [0.4, 0.5) is 11.6 Å². The van der Waals surface area contributed by atoms with Crippen molar-refractivity contribution >= 4 is 17.5 Å². The number of hydrogen-bond acceptors (Lipinski definition) is 5. The van der Waals surface area contributed by atoms with E-state index >= 15 is 0 Å². The van der Waals surface area contributed by atoms with Gasteiger partial charge in [-0.3, -0.25) is 4.79 Å². The SMILES string of the molecule is COc1ccc(C(=O)Nc2c(C)nc(N3CCCC3)nc2C)cc1. The van der Waals surface area contributed by atoms with Crippen molar-refractivity contribution in [3.63, 3.8) is 0 Å². The van der Waals surface area contributed by atoms with Crippen LogP contribution in [-0.4, -0.2) is 36.1 Å². The highest BCUT2D eigenvalue weighted by Crippen LogP contribution is 2.23. The molecule has 2 heterocycles. The zero-order chi connectivity index (χ0) is 17.1. The van der Waals surface area contributed by atoms with Gasteiger partial charge in [0.1, 0.15) is 5.75 Å². The maximum atomic E-state index is 12.4. The summed E-state index contributed by atoms with van der Waals surface area (Å²) in [4.78, 5) is 23.8. The number of hydrogen-bond donors (Lipinski definition) is 1. The van der Waals surface area contributed by atoms with Crippen molar-refractivity contribution in [1.82, 2.24) is 9.97 Å². The first-order chi connectivity index (χ1) is 11.6. The topological polar surface area (TPSA) is 67.3 Å². The predicted molar refractivity (Wildman–Crippen MR) is 93.9 cm³/mol. The molecule has 1 aromatic heterocycles. The third kappa shape index (κ3) is 3.32. The number of rotatable bonds is 4. The summed E-state index contributed by atoms with van der Waals surface area (Å²) < 4.78 is 5.11. The largest absolute Gasteiger partial charge is 0.497 e. The summed E-state index contributed by atoms with van der Waals surface area (Å²) in [6, 6.07) is 7.00. The van der Waals surface area contributed by atoms with E-state index in [0.717, 1.165) is 36.2 Å². The zero-order valence-corrected chi connectivity index (χ0v) is 14.3. The Morgan fingerprint density at radius 3 is 2.21 bits per heavy atom. The first-order valence-electron chi connectivity index (χ1n) is 8.14. The lowest BCUT2D eigenvalue weighted by Crippen LogP contribution is -2.22. The summed E-state index contributed by atoms with van der Waals surface area (Å²) in [5, 5.41) is 2.93. The summed E-state index contributed by atoms with van der Waals surface area (Å²) >= 11 is 0. The molecule has 0 radical (unpaired) electrons. The minimum absolute atomic E-state index is 0.179. The number of nitrogens with one attached hydrogen (secondary N) is 1. The Kier molecular flexibility index (Phi) is 4.64. The second-order valence-corrected chi connectivity index (χ2v) is 5.95. The molecule has 1 fully saturated rings. The summed E-state index contributed by atoms with van der Waals surface area (Å²) in [7, 11) is 1.60. The van der Waals surface area contributed by atoms with Crippen LogP contribution in [0.1, 0.15) is 34.6 Å². The van der Waals surface area contributed by atoms with Gasteiger partial charge in [-0.15, -0.1) is 0 Å². The van der Waals surface area contributed by atoms with Crippen molar-refractivity contribution in [3.05, 3.63) is 41.2 Å². The number of aromatic nitrogens is 2. The molecule has 0 saturated carbocycles. The Morgan fingerprint density at radius 1 is 1.08 bits per heavy atom. The third-order valence-corrected chi connectivity index (χ3v) is 4.24. The average Bonchev–Trinajstić information content (AvgIpc) is 3.12. The number of benzene rings is 1. The van der Waals surface area contributed by atoms with Gasteiger partial charge in [-0.2, -0.15) is 0 Å². The van der Waals surface area contributed by atoms with Crippen molar-refractivity contribution in [3.8, 4) is 5.75 Å². The van der Waals surface area contributed by atoms with Crippen LogP contribution >= 0.6 is 0 Å². The van der Waals surface area contributed by atoms with Crippen LogP contribution in [0, 0.1) is 13.8 Å². The summed E-state index contributed by atoms with van der Waals surface area (Å²) in [5.74, 6) is 1.29. The van der Waals surface area contributed by atoms with Gasteiger partial charge in [0.25, 0.3) is 5.91 Å². The molecule has 0 spiro atoms. The summed E-state index contributed by atoms with van der Waals surface area (Å²) in [6.45, 7) is 5.79. The van der Waals surface area contributed by atoms with Crippen molar-refractivity contribution in [2.45, 2.75) is 26.7 Å². The van der Waals surface area contributed by atoms with Gasteiger partial charge in [0.15, 0.2) is 0 Å². The molecule has 3 rings (SSSR count). The summed E-state index contributed by atoms with van der Waals surface area (Å²) in [5.41, 5.74) is 2.81. The van der Waals surface area contributed by atoms with Crippen molar-refractivity contribution in [1.29, 1.82) is 0 Å². The molecule has 1 aliphatic rings. The summed E-state index contributed by atoms with van der Waals surface area (Å²) in [6.07, 6.45) is 2.36. The number of amides is 1. The number of methoxy groups -OCH3 is 1. The van der Waals surface area contributed by atoms with Crippen LogP contribution in [0.15, 0.2) is 24.3 Å². The Bertz CT molecular complexity index is 714. The second kappa shape index (κ2) is 6.86. The van der Waals surface area contributed by atoms with E-state index < -0.39 is 0 Å². The molecule has 6 heteroatoms. The van der Waals surface area contributed by atoms with Crippen LogP contribution < -0.4 is 15.0 Å². The molecule has 0 unspecified atom stereocenters. The Balaban J connectivity index is 1.79. The maximum Gasteiger partial charge on any atom is 0.255 e. The van der Waals surface area contributed by atoms with Crippen molar-refractivity contribution in [2.24, 2.45) is 0 Å². The fourth-order valence-electron chi connectivity index (χ4n) is 2.87. The third-order valence-electron chi connectivity index (χ3n) is 4.24. The van der Waals surface area contributed by atoms with Crippen molar-refractivity contribution in [2.75, 3.05) is 30.4 Å². The Hall–Kier alpha value is -2.63. The van der Waals surface area contributed by atoms with Crippen LogP contribution in [0.5, 0.6) is 5.75 Å².